The van der Waals surface area contributed by atoms with Crippen LogP contribution in [-0.4, -0.2) is 19.5 Å². The molecular formula is C51H34N4. The molecule has 0 saturated heterocycles. The fourth-order valence-electron chi connectivity index (χ4n) is 7.49. The highest BCUT2D eigenvalue weighted by molar-refractivity contribution is 6.09. The Kier molecular flexibility index (Phi) is 8.12. The van der Waals surface area contributed by atoms with Crippen molar-refractivity contribution in [2.24, 2.45) is 0 Å². The molecule has 0 spiro atoms. The molecule has 0 atom stereocenters. The van der Waals surface area contributed by atoms with Crippen LogP contribution >= 0.6 is 0 Å². The van der Waals surface area contributed by atoms with E-state index < -0.39 is 0 Å². The molecule has 10 rings (SSSR count). The third-order valence-corrected chi connectivity index (χ3v) is 10.3. The quantitative estimate of drug-likeness (QED) is 0.166. The van der Waals surface area contributed by atoms with Gasteiger partial charge in [-0.2, -0.15) is 0 Å². The Bertz CT molecular complexity index is 2820. The van der Waals surface area contributed by atoms with Crippen LogP contribution in [0.3, 0.4) is 0 Å². The third kappa shape index (κ3) is 6.16. The molecule has 258 valence electrons. The van der Waals surface area contributed by atoms with Crippen LogP contribution in [-0.2, 0) is 0 Å². The molecule has 0 radical (unpaired) electrons. The smallest absolute Gasteiger partial charge is 0.164 e. The average Bonchev–Trinajstić information content (AvgIpc) is 3.61. The summed E-state index contributed by atoms with van der Waals surface area (Å²) in [6, 6.07) is 72.4. The van der Waals surface area contributed by atoms with Gasteiger partial charge in [-0.05, 0) is 63.7 Å². The molecule has 0 aliphatic heterocycles. The van der Waals surface area contributed by atoms with Crippen molar-refractivity contribution in [2.45, 2.75) is 0 Å². The number of hydrogen-bond donors (Lipinski definition) is 0. The van der Waals surface area contributed by atoms with E-state index in [-0.39, 0.29) is 0 Å². The zero-order valence-corrected chi connectivity index (χ0v) is 29.9. The van der Waals surface area contributed by atoms with E-state index in [1.165, 1.54) is 44.1 Å². The van der Waals surface area contributed by atoms with Crippen molar-refractivity contribution in [3.8, 4) is 73.2 Å². The molecule has 0 unspecified atom stereocenters. The van der Waals surface area contributed by atoms with E-state index in [1.54, 1.807) is 0 Å². The average molecular weight is 703 g/mol. The Morgan fingerprint density at radius 3 is 1.04 bits per heavy atom. The molecule has 0 aliphatic carbocycles. The van der Waals surface area contributed by atoms with E-state index in [1.807, 2.05) is 60.7 Å². The van der Waals surface area contributed by atoms with Crippen LogP contribution in [0.5, 0.6) is 0 Å². The second-order valence-electron chi connectivity index (χ2n) is 13.7. The van der Waals surface area contributed by atoms with Crippen LogP contribution in [0.2, 0.25) is 0 Å². The predicted molar refractivity (Wildman–Crippen MR) is 227 cm³/mol. The minimum atomic E-state index is 0.648. The lowest BCUT2D eigenvalue weighted by molar-refractivity contribution is 1.07. The second-order valence-corrected chi connectivity index (χ2v) is 13.7. The molecule has 0 N–H and O–H groups in total. The van der Waals surface area contributed by atoms with Gasteiger partial charge in [-0.1, -0.05) is 176 Å². The maximum Gasteiger partial charge on any atom is 0.164 e. The van der Waals surface area contributed by atoms with E-state index in [0.717, 1.165) is 33.5 Å². The van der Waals surface area contributed by atoms with E-state index in [0.29, 0.717) is 17.5 Å². The number of para-hydroxylation sites is 2. The molecule has 8 aromatic carbocycles. The summed E-state index contributed by atoms with van der Waals surface area (Å²) in [6.07, 6.45) is 0. The Morgan fingerprint density at radius 1 is 0.255 bits per heavy atom. The molecule has 0 aliphatic rings. The van der Waals surface area contributed by atoms with Gasteiger partial charge < -0.3 is 4.57 Å². The largest absolute Gasteiger partial charge is 0.309 e. The molecule has 55 heavy (non-hydrogen) atoms. The summed E-state index contributed by atoms with van der Waals surface area (Å²) in [5.74, 6) is 1.96. The fraction of sp³-hybridized carbons (Fsp3) is 0. The van der Waals surface area contributed by atoms with Crippen molar-refractivity contribution >= 4 is 21.8 Å². The second kappa shape index (κ2) is 13.8. The number of fused-ring (bicyclic) bond motifs is 3. The van der Waals surface area contributed by atoms with Gasteiger partial charge in [0.05, 0.1) is 11.0 Å². The topological polar surface area (TPSA) is 43.6 Å². The van der Waals surface area contributed by atoms with E-state index in [2.05, 4.69) is 150 Å². The lowest BCUT2D eigenvalue weighted by Gasteiger charge is -2.11. The minimum Gasteiger partial charge on any atom is -0.309 e. The van der Waals surface area contributed by atoms with Gasteiger partial charge in [-0.15, -0.1) is 0 Å². The first-order valence-corrected chi connectivity index (χ1v) is 18.5. The van der Waals surface area contributed by atoms with Gasteiger partial charge in [0, 0.05) is 33.2 Å². The standard InChI is InChI=1S/C51H34N4/c1-3-12-39(13-4-1)49-52-50(40-14-5-2-6-15-40)54-51(53-49)41-28-26-38(27-29-41)43-17-11-16-42(34-43)37-24-22-35(23-25-37)36-30-32-44(33-31-36)55-47-20-9-7-18-45(47)46-19-8-10-21-48(46)55/h1-34H. The third-order valence-electron chi connectivity index (χ3n) is 10.3. The summed E-state index contributed by atoms with van der Waals surface area (Å²) < 4.78 is 2.36. The highest BCUT2D eigenvalue weighted by Crippen LogP contribution is 2.34. The predicted octanol–water partition coefficient (Wildman–Crippen LogP) is 13.0. The summed E-state index contributed by atoms with van der Waals surface area (Å²) >= 11 is 0. The van der Waals surface area contributed by atoms with Crippen molar-refractivity contribution in [3.05, 3.63) is 206 Å². The highest BCUT2D eigenvalue weighted by Gasteiger charge is 2.14. The van der Waals surface area contributed by atoms with Crippen molar-refractivity contribution < 1.29 is 0 Å². The van der Waals surface area contributed by atoms with Gasteiger partial charge in [0.2, 0.25) is 0 Å². The molecule has 4 nitrogen and oxygen atoms in total. The van der Waals surface area contributed by atoms with Crippen LogP contribution in [0.25, 0.3) is 95.0 Å². The normalized spacial score (nSPS) is 11.3. The maximum atomic E-state index is 4.90. The zero-order chi connectivity index (χ0) is 36.6. The van der Waals surface area contributed by atoms with E-state index >= 15 is 0 Å². The first kappa shape index (κ1) is 32.2. The lowest BCUT2D eigenvalue weighted by Crippen LogP contribution is -2.00. The molecule has 2 heterocycles. The lowest BCUT2D eigenvalue weighted by atomic mass is 9.96. The van der Waals surface area contributed by atoms with Crippen molar-refractivity contribution in [2.75, 3.05) is 0 Å². The Balaban J connectivity index is 0.906. The molecule has 2 aromatic heterocycles. The zero-order valence-electron chi connectivity index (χ0n) is 29.9. The molecule has 4 heteroatoms. The minimum absolute atomic E-state index is 0.648. The van der Waals surface area contributed by atoms with Gasteiger partial charge in [-0.25, -0.2) is 15.0 Å². The number of benzene rings is 8. The van der Waals surface area contributed by atoms with Crippen LogP contribution in [0.1, 0.15) is 0 Å². The van der Waals surface area contributed by atoms with E-state index in [4.69, 9.17) is 15.0 Å². The first-order chi connectivity index (χ1) is 27.2. The molecule has 10 aromatic rings. The summed E-state index contributed by atoms with van der Waals surface area (Å²) in [5.41, 5.74) is 13.5. The number of nitrogens with zero attached hydrogens (tertiary/aromatic N) is 4. The molecule has 0 amide bonds. The summed E-state index contributed by atoms with van der Waals surface area (Å²) in [6.45, 7) is 0. The molecule has 0 bridgehead atoms. The highest BCUT2D eigenvalue weighted by atomic mass is 15.0. The van der Waals surface area contributed by atoms with Crippen LogP contribution in [0.15, 0.2) is 206 Å². The summed E-state index contributed by atoms with van der Waals surface area (Å²) in [5, 5.41) is 2.54. The monoisotopic (exact) mass is 702 g/mol. The van der Waals surface area contributed by atoms with E-state index in [9.17, 15) is 0 Å². The number of rotatable bonds is 7. The van der Waals surface area contributed by atoms with Crippen LogP contribution in [0, 0.1) is 0 Å². The van der Waals surface area contributed by atoms with Crippen molar-refractivity contribution in [1.29, 1.82) is 0 Å². The number of hydrogen-bond acceptors (Lipinski definition) is 3. The maximum absolute atomic E-state index is 4.90. The molecule has 0 fully saturated rings. The molecule has 0 saturated carbocycles. The van der Waals surface area contributed by atoms with Crippen molar-refractivity contribution in [3.63, 3.8) is 0 Å². The van der Waals surface area contributed by atoms with Gasteiger partial charge >= 0.3 is 0 Å². The Hall–Kier alpha value is -7.43. The van der Waals surface area contributed by atoms with Crippen LogP contribution < -0.4 is 0 Å². The van der Waals surface area contributed by atoms with Gasteiger partial charge in [-0.3, -0.25) is 0 Å². The SMILES string of the molecule is c1ccc(-c2nc(-c3ccccc3)nc(-c3ccc(-c4cccc(-c5ccc(-c6ccc(-n7c8ccccc8c8ccccc87)cc6)cc5)c4)cc3)n2)cc1. The fourth-order valence-corrected chi connectivity index (χ4v) is 7.49. The summed E-state index contributed by atoms with van der Waals surface area (Å²) in [7, 11) is 0. The molecular weight excluding hydrogens is 669 g/mol. The van der Waals surface area contributed by atoms with Crippen molar-refractivity contribution in [1.82, 2.24) is 19.5 Å². The Labute approximate surface area is 319 Å². The van der Waals surface area contributed by atoms with Gasteiger partial charge in [0.1, 0.15) is 0 Å². The summed E-state index contributed by atoms with van der Waals surface area (Å²) in [4.78, 5) is 14.6. The first-order valence-electron chi connectivity index (χ1n) is 18.5. The van der Waals surface area contributed by atoms with Gasteiger partial charge in [0.25, 0.3) is 0 Å². The number of aromatic nitrogens is 4. The van der Waals surface area contributed by atoms with Gasteiger partial charge in [0.15, 0.2) is 17.5 Å². The Morgan fingerprint density at radius 2 is 0.582 bits per heavy atom. The van der Waals surface area contributed by atoms with Crippen LogP contribution in [0.4, 0.5) is 0 Å².